The Morgan fingerprint density at radius 3 is 1.10 bits per heavy atom. The molecule has 0 aromatic heterocycles. The van der Waals surface area contributed by atoms with E-state index in [9.17, 15) is 8.78 Å². The van der Waals surface area contributed by atoms with Crippen molar-refractivity contribution < 1.29 is 19.7 Å². The lowest BCUT2D eigenvalue weighted by atomic mass is 9.91. The van der Waals surface area contributed by atoms with Crippen LogP contribution in [0.1, 0.15) is 33.2 Å². The minimum atomic E-state index is -1.23. The topological polar surface area (TPSA) is 6.48 Å². The number of hydrogen-bond donors (Lipinski definition) is 0. The summed E-state index contributed by atoms with van der Waals surface area (Å²) in [4.78, 5) is 3.30. The van der Waals surface area contributed by atoms with Crippen LogP contribution >= 0.6 is 0 Å². The van der Waals surface area contributed by atoms with Gasteiger partial charge in [0.25, 0.3) is 0 Å². The van der Waals surface area contributed by atoms with E-state index in [2.05, 4.69) is 0 Å². The Balaban J connectivity index is 1.49. The van der Waals surface area contributed by atoms with Crippen LogP contribution in [0, 0.1) is 39.3 Å². The number of benzene rings is 8. The standard InChI is InChI=1S/C44H34F2N2/c1-27-21-28(2)24-37(23-27)47(35-13-9-33(45)10-14-35)41-19-7-31-6-18-40-42(20-8-32-5-17-39(41)43(31)44(32)40)48(36-15-11-34(46)12-16-36)38-25-29(3)22-30(4)26-38/h5-26H,1-4H3/i9D,10D,11D,12D,13D,14D,15D,16D. The van der Waals surface area contributed by atoms with Crippen molar-refractivity contribution in [1.29, 1.82) is 0 Å². The van der Waals surface area contributed by atoms with E-state index in [1.807, 2.05) is 113 Å². The average molecular weight is 637 g/mol. The summed E-state index contributed by atoms with van der Waals surface area (Å²) in [5.41, 5.74) is 5.54. The van der Waals surface area contributed by atoms with Crippen LogP contribution in [0.15, 0.2) is 133 Å². The van der Waals surface area contributed by atoms with Crippen molar-refractivity contribution >= 4 is 66.4 Å². The maximum atomic E-state index is 15.0. The molecule has 8 aromatic carbocycles. The quantitative estimate of drug-likeness (QED) is 0.168. The van der Waals surface area contributed by atoms with Gasteiger partial charge in [-0.15, -0.1) is 0 Å². The summed E-state index contributed by atoms with van der Waals surface area (Å²) in [5, 5.41) is 4.68. The first-order valence-electron chi connectivity index (χ1n) is 19.6. The van der Waals surface area contributed by atoms with E-state index in [1.54, 1.807) is 9.80 Å². The summed E-state index contributed by atoms with van der Waals surface area (Å²) >= 11 is 0. The zero-order valence-corrected chi connectivity index (χ0v) is 26.7. The fourth-order valence-corrected chi connectivity index (χ4v) is 6.90. The Morgan fingerprint density at radius 1 is 0.417 bits per heavy atom. The summed E-state index contributed by atoms with van der Waals surface area (Å²) in [5.74, 6) is -2.47. The Kier molecular flexibility index (Phi) is 5.26. The average Bonchev–Trinajstić information content (AvgIpc) is 3.16. The van der Waals surface area contributed by atoms with Gasteiger partial charge in [0.05, 0.1) is 22.3 Å². The molecule has 0 atom stereocenters. The van der Waals surface area contributed by atoms with E-state index in [-0.39, 0.29) is 11.4 Å². The highest BCUT2D eigenvalue weighted by Crippen LogP contribution is 2.47. The minimum Gasteiger partial charge on any atom is -0.310 e. The molecule has 8 rings (SSSR count). The molecular formula is C44H34F2N2. The molecule has 0 amide bonds. The SMILES string of the molecule is [2H]c1c([2H])c(N(c2cc(C)cc(C)c2)c2ccc3ccc4c(N(c5cc(C)cc(C)c5)c5c([2H])c([2H])c(F)c([2H])c5[2H])ccc5ccc2c3c54)c([2H])c([2H])c1F. The number of anilines is 6. The fourth-order valence-electron chi connectivity index (χ4n) is 6.90. The third-order valence-electron chi connectivity index (χ3n) is 8.64. The second kappa shape index (κ2) is 11.5. The van der Waals surface area contributed by atoms with Crippen molar-refractivity contribution in [2.24, 2.45) is 0 Å². The third kappa shape index (κ3) is 5.10. The predicted molar refractivity (Wildman–Crippen MR) is 198 cm³/mol. The van der Waals surface area contributed by atoms with E-state index in [0.29, 0.717) is 33.5 Å². The molecule has 2 nitrogen and oxygen atoms in total. The maximum absolute atomic E-state index is 15.0. The molecule has 0 unspecified atom stereocenters. The summed E-state index contributed by atoms with van der Waals surface area (Å²) in [6.45, 7) is 7.67. The van der Waals surface area contributed by atoms with Crippen molar-refractivity contribution in [2.75, 3.05) is 9.80 Å². The van der Waals surface area contributed by atoms with Crippen LogP contribution in [0.2, 0.25) is 0 Å². The first kappa shape index (κ1) is 21.9. The van der Waals surface area contributed by atoms with Crippen LogP contribution in [-0.4, -0.2) is 0 Å². The van der Waals surface area contributed by atoms with Crippen LogP contribution in [-0.2, 0) is 0 Å². The van der Waals surface area contributed by atoms with Gasteiger partial charge in [0.1, 0.15) is 11.6 Å². The zero-order chi connectivity index (χ0) is 40.1. The van der Waals surface area contributed by atoms with Gasteiger partial charge in [-0.3, -0.25) is 0 Å². The highest BCUT2D eigenvalue weighted by atomic mass is 19.1. The molecule has 0 fully saturated rings. The first-order chi connectivity index (χ1) is 26.6. The number of hydrogen-bond acceptors (Lipinski definition) is 2. The number of rotatable bonds is 6. The van der Waals surface area contributed by atoms with Crippen molar-refractivity contribution in [2.45, 2.75) is 27.7 Å². The van der Waals surface area contributed by atoms with Gasteiger partial charge < -0.3 is 9.80 Å². The lowest BCUT2D eigenvalue weighted by molar-refractivity contribution is 0.627. The molecule has 0 saturated heterocycles. The Morgan fingerprint density at radius 2 is 0.750 bits per heavy atom. The Labute approximate surface area is 290 Å². The summed E-state index contributed by atoms with van der Waals surface area (Å²) in [6, 6.07) is 21.5. The largest absolute Gasteiger partial charge is 0.310 e. The van der Waals surface area contributed by atoms with E-state index < -0.39 is 60.0 Å². The molecular weight excluding hydrogens is 594 g/mol. The van der Waals surface area contributed by atoms with Crippen molar-refractivity contribution in [3.8, 4) is 0 Å². The van der Waals surface area contributed by atoms with Crippen LogP contribution < -0.4 is 9.80 Å². The Bertz CT molecular complexity index is 2650. The first-order valence-corrected chi connectivity index (χ1v) is 15.6. The van der Waals surface area contributed by atoms with Crippen molar-refractivity contribution in [3.63, 3.8) is 0 Å². The van der Waals surface area contributed by atoms with E-state index in [4.69, 9.17) is 11.0 Å². The number of nitrogens with zero attached hydrogens (tertiary/aromatic N) is 2. The monoisotopic (exact) mass is 636 g/mol. The van der Waals surface area contributed by atoms with Gasteiger partial charge in [-0.25, -0.2) is 8.78 Å². The summed E-state index contributed by atoms with van der Waals surface area (Å²) < 4.78 is 99.1. The lowest BCUT2D eigenvalue weighted by Gasteiger charge is -2.30. The zero-order valence-electron chi connectivity index (χ0n) is 34.7. The van der Waals surface area contributed by atoms with Crippen LogP contribution in [0.4, 0.5) is 42.9 Å². The molecule has 0 aliphatic heterocycles. The van der Waals surface area contributed by atoms with Gasteiger partial charge in [-0.1, -0.05) is 48.5 Å². The highest BCUT2D eigenvalue weighted by Gasteiger charge is 2.22. The number of aryl methyl sites for hydroxylation is 4. The van der Waals surface area contributed by atoms with Gasteiger partial charge in [-0.05, 0) is 156 Å². The summed E-state index contributed by atoms with van der Waals surface area (Å²) in [7, 11) is 0. The molecule has 4 heteroatoms. The second-order valence-electron chi connectivity index (χ2n) is 12.3. The van der Waals surface area contributed by atoms with Gasteiger partial charge in [-0.2, -0.15) is 0 Å². The van der Waals surface area contributed by atoms with E-state index >= 15 is 0 Å². The van der Waals surface area contributed by atoms with Gasteiger partial charge in [0.15, 0.2) is 0 Å². The smallest absolute Gasteiger partial charge is 0.123 e. The molecule has 0 radical (unpaired) electrons. The predicted octanol–water partition coefficient (Wildman–Crippen LogP) is 13.0. The van der Waals surface area contributed by atoms with E-state index in [0.717, 1.165) is 43.8 Å². The molecule has 0 bridgehead atoms. The fraction of sp³-hybridized carbons (Fsp3) is 0.0909. The molecule has 0 heterocycles. The van der Waals surface area contributed by atoms with Gasteiger partial charge >= 0.3 is 0 Å². The highest BCUT2D eigenvalue weighted by molar-refractivity contribution is 6.28. The lowest BCUT2D eigenvalue weighted by Crippen LogP contribution is -2.12. The molecule has 0 aliphatic carbocycles. The van der Waals surface area contributed by atoms with Crippen LogP contribution in [0.5, 0.6) is 0 Å². The molecule has 234 valence electrons. The molecule has 0 N–H and O–H groups in total. The third-order valence-corrected chi connectivity index (χ3v) is 8.64. The van der Waals surface area contributed by atoms with Crippen LogP contribution in [0.3, 0.4) is 0 Å². The van der Waals surface area contributed by atoms with Gasteiger partial charge in [0, 0.05) is 33.5 Å². The van der Waals surface area contributed by atoms with Crippen molar-refractivity contribution in [3.05, 3.63) is 167 Å². The number of halogens is 2. The molecule has 0 saturated carbocycles. The summed E-state index contributed by atoms with van der Waals surface area (Å²) in [6.07, 6.45) is 0. The molecule has 48 heavy (non-hydrogen) atoms. The van der Waals surface area contributed by atoms with Gasteiger partial charge in [0.2, 0.25) is 0 Å². The second-order valence-corrected chi connectivity index (χ2v) is 12.3. The minimum absolute atomic E-state index is 0.109. The van der Waals surface area contributed by atoms with Crippen LogP contribution in [0.25, 0.3) is 32.3 Å². The molecule has 0 aliphatic rings. The Hall–Kier alpha value is -5.74. The normalized spacial score (nSPS) is 13.9. The molecule has 0 spiro atoms. The van der Waals surface area contributed by atoms with E-state index in [1.165, 1.54) is 0 Å². The van der Waals surface area contributed by atoms with Crippen molar-refractivity contribution in [1.82, 2.24) is 0 Å². The maximum Gasteiger partial charge on any atom is 0.123 e. The molecule has 8 aromatic rings.